The highest BCUT2D eigenvalue weighted by molar-refractivity contribution is 5.98. The molecule has 3 aromatic carbocycles. The van der Waals surface area contributed by atoms with Crippen LogP contribution in [0.2, 0.25) is 0 Å². The minimum absolute atomic E-state index is 0.359. The Hall–Kier alpha value is -3.37. The molecule has 4 rings (SSSR count). The molecule has 0 radical (unpaired) electrons. The largest absolute Gasteiger partial charge is 0.477 e. The molecule has 4 nitrogen and oxygen atoms in total. The summed E-state index contributed by atoms with van der Waals surface area (Å²) in [6, 6.07) is 24.4. The van der Waals surface area contributed by atoms with Crippen molar-refractivity contribution in [3.05, 3.63) is 106 Å². The van der Waals surface area contributed by atoms with Gasteiger partial charge in [0.15, 0.2) is 0 Å². The van der Waals surface area contributed by atoms with Crippen LogP contribution in [-0.4, -0.2) is 15.6 Å². The van der Waals surface area contributed by atoms with Crippen molar-refractivity contribution in [2.24, 2.45) is 0 Å². The lowest BCUT2D eigenvalue weighted by atomic mass is 10.1. The van der Waals surface area contributed by atoms with Crippen molar-refractivity contribution < 1.29 is 9.90 Å². The molecule has 2 N–H and O–H groups in total. The van der Waals surface area contributed by atoms with Crippen molar-refractivity contribution in [3.8, 4) is 0 Å². The van der Waals surface area contributed by atoms with Gasteiger partial charge in [-0.2, -0.15) is 0 Å². The predicted molar refractivity (Wildman–Crippen MR) is 121 cm³/mol. The van der Waals surface area contributed by atoms with Crippen LogP contribution in [0.3, 0.4) is 0 Å². The summed E-state index contributed by atoms with van der Waals surface area (Å²) in [5.41, 5.74) is 6.80. The van der Waals surface area contributed by atoms with Crippen LogP contribution in [0.15, 0.2) is 72.8 Å². The third-order valence-electron chi connectivity index (χ3n) is 5.59. The topological polar surface area (TPSA) is 54.3 Å². The summed E-state index contributed by atoms with van der Waals surface area (Å²) in [7, 11) is 0. The van der Waals surface area contributed by atoms with Crippen LogP contribution < -0.4 is 5.32 Å². The summed E-state index contributed by atoms with van der Waals surface area (Å²) >= 11 is 0. The molecular weight excluding hydrogens is 372 g/mol. The van der Waals surface area contributed by atoms with Gasteiger partial charge in [-0.3, -0.25) is 0 Å². The molecule has 0 aliphatic heterocycles. The smallest absolute Gasteiger partial charge is 0.352 e. The van der Waals surface area contributed by atoms with Gasteiger partial charge in [0.1, 0.15) is 5.69 Å². The number of carboxylic acid groups (broad SMARTS) is 1. The Balaban J connectivity index is 1.74. The van der Waals surface area contributed by atoms with Crippen LogP contribution in [0.1, 0.15) is 38.3 Å². The van der Waals surface area contributed by atoms with Gasteiger partial charge in [0.25, 0.3) is 0 Å². The molecule has 0 spiro atoms. The Kier molecular flexibility index (Phi) is 5.68. The first-order chi connectivity index (χ1) is 14.5. The standard InChI is InChI=1S/C26H26N2O2/c1-18-12-13-19(2)21(14-18)17-28-24-11-7-6-10-22(24)23(25(28)26(29)30)16-27-15-20-8-4-3-5-9-20/h3-14,27H,15-17H2,1-2H3,(H,29,30). The van der Waals surface area contributed by atoms with Crippen LogP contribution in [0.25, 0.3) is 10.9 Å². The number of para-hydroxylation sites is 1. The molecule has 4 heteroatoms. The molecule has 0 saturated heterocycles. The molecule has 152 valence electrons. The highest BCUT2D eigenvalue weighted by atomic mass is 16.4. The lowest BCUT2D eigenvalue weighted by Crippen LogP contribution is -2.17. The normalized spacial score (nSPS) is 11.1. The monoisotopic (exact) mass is 398 g/mol. The first kappa shape index (κ1) is 19.9. The Morgan fingerprint density at radius 1 is 0.933 bits per heavy atom. The molecule has 0 aliphatic carbocycles. The van der Waals surface area contributed by atoms with Gasteiger partial charge in [0.05, 0.1) is 0 Å². The fourth-order valence-corrected chi connectivity index (χ4v) is 4.03. The molecule has 0 aliphatic rings. The molecule has 1 aromatic heterocycles. The average molecular weight is 399 g/mol. The summed E-state index contributed by atoms with van der Waals surface area (Å²) in [6.45, 7) is 5.86. The van der Waals surface area contributed by atoms with Gasteiger partial charge in [-0.15, -0.1) is 0 Å². The zero-order valence-corrected chi connectivity index (χ0v) is 17.4. The molecule has 0 fully saturated rings. The zero-order chi connectivity index (χ0) is 21.1. The number of hydrogen-bond acceptors (Lipinski definition) is 2. The van der Waals surface area contributed by atoms with Gasteiger partial charge >= 0.3 is 5.97 Å². The second-order valence-corrected chi connectivity index (χ2v) is 7.75. The van der Waals surface area contributed by atoms with Gasteiger partial charge in [-0.1, -0.05) is 72.3 Å². The van der Waals surface area contributed by atoms with Crippen molar-refractivity contribution in [3.63, 3.8) is 0 Å². The predicted octanol–water partition coefficient (Wildman–Crippen LogP) is 5.29. The number of rotatable bonds is 7. The number of aryl methyl sites for hydroxylation is 2. The molecule has 0 atom stereocenters. The summed E-state index contributed by atoms with van der Waals surface area (Å²) in [4.78, 5) is 12.3. The number of carbonyl (C=O) groups is 1. The van der Waals surface area contributed by atoms with Gasteiger partial charge < -0.3 is 15.0 Å². The van der Waals surface area contributed by atoms with Crippen LogP contribution >= 0.6 is 0 Å². The third kappa shape index (κ3) is 4.00. The molecule has 30 heavy (non-hydrogen) atoms. The molecule has 4 aromatic rings. The highest BCUT2D eigenvalue weighted by Gasteiger charge is 2.22. The lowest BCUT2D eigenvalue weighted by Gasteiger charge is -2.13. The maximum Gasteiger partial charge on any atom is 0.352 e. The van der Waals surface area contributed by atoms with E-state index in [1.807, 2.05) is 47.0 Å². The lowest BCUT2D eigenvalue weighted by molar-refractivity contribution is 0.0684. The molecule has 0 saturated carbocycles. The fourth-order valence-electron chi connectivity index (χ4n) is 4.03. The van der Waals surface area contributed by atoms with E-state index in [1.54, 1.807) is 0 Å². The Bertz CT molecular complexity index is 1190. The summed E-state index contributed by atoms with van der Waals surface area (Å²) in [5, 5.41) is 14.5. The number of hydrogen-bond donors (Lipinski definition) is 2. The number of benzene rings is 3. The van der Waals surface area contributed by atoms with E-state index in [1.165, 1.54) is 16.7 Å². The van der Waals surface area contributed by atoms with Crippen molar-refractivity contribution in [2.75, 3.05) is 0 Å². The summed E-state index contributed by atoms with van der Waals surface area (Å²) < 4.78 is 1.94. The average Bonchev–Trinajstić information content (AvgIpc) is 3.05. The molecule has 1 heterocycles. The fraction of sp³-hybridized carbons (Fsp3) is 0.192. The van der Waals surface area contributed by atoms with E-state index in [9.17, 15) is 9.90 Å². The minimum Gasteiger partial charge on any atom is -0.477 e. The van der Waals surface area contributed by atoms with Gasteiger partial charge in [0, 0.05) is 36.1 Å². The molecular formula is C26H26N2O2. The quantitative estimate of drug-likeness (QED) is 0.444. The van der Waals surface area contributed by atoms with Crippen LogP contribution in [0.4, 0.5) is 0 Å². The number of carboxylic acids is 1. The SMILES string of the molecule is Cc1ccc(C)c(Cn2c(C(=O)O)c(CNCc3ccccc3)c3ccccc32)c1. The van der Waals surface area contributed by atoms with E-state index in [4.69, 9.17) is 0 Å². The van der Waals surface area contributed by atoms with Gasteiger partial charge in [-0.05, 0) is 36.6 Å². The van der Waals surface area contributed by atoms with E-state index in [0.29, 0.717) is 25.3 Å². The number of nitrogens with one attached hydrogen (secondary N) is 1. The van der Waals surface area contributed by atoms with Crippen LogP contribution in [0, 0.1) is 13.8 Å². The van der Waals surface area contributed by atoms with E-state index in [0.717, 1.165) is 22.0 Å². The van der Waals surface area contributed by atoms with E-state index < -0.39 is 5.97 Å². The van der Waals surface area contributed by atoms with Gasteiger partial charge in [-0.25, -0.2) is 4.79 Å². The Morgan fingerprint density at radius 3 is 2.43 bits per heavy atom. The zero-order valence-electron chi connectivity index (χ0n) is 17.4. The van der Waals surface area contributed by atoms with E-state index in [-0.39, 0.29) is 0 Å². The first-order valence-corrected chi connectivity index (χ1v) is 10.2. The second-order valence-electron chi connectivity index (χ2n) is 7.75. The Labute approximate surface area is 176 Å². The maximum absolute atomic E-state index is 12.3. The van der Waals surface area contributed by atoms with Crippen LogP contribution in [-0.2, 0) is 19.6 Å². The maximum atomic E-state index is 12.3. The third-order valence-corrected chi connectivity index (χ3v) is 5.59. The second kappa shape index (κ2) is 8.56. The number of aromatic carboxylic acids is 1. The highest BCUT2D eigenvalue weighted by Crippen LogP contribution is 2.28. The van der Waals surface area contributed by atoms with Crippen molar-refractivity contribution in [2.45, 2.75) is 33.5 Å². The first-order valence-electron chi connectivity index (χ1n) is 10.2. The van der Waals surface area contributed by atoms with Gasteiger partial charge in [0.2, 0.25) is 0 Å². The summed E-state index contributed by atoms with van der Waals surface area (Å²) in [5.74, 6) is -0.895. The number of nitrogens with zero attached hydrogens (tertiary/aromatic N) is 1. The molecule has 0 unspecified atom stereocenters. The molecule has 0 amide bonds. The summed E-state index contributed by atoms with van der Waals surface area (Å²) in [6.07, 6.45) is 0. The van der Waals surface area contributed by atoms with E-state index in [2.05, 4.69) is 49.5 Å². The Morgan fingerprint density at radius 2 is 1.67 bits per heavy atom. The minimum atomic E-state index is -0.895. The van der Waals surface area contributed by atoms with Crippen molar-refractivity contribution >= 4 is 16.9 Å². The van der Waals surface area contributed by atoms with Crippen molar-refractivity contribution in [1.82, 2.24) is 9.88 Å². The molecule has 0 bridgehead atoms. The van der Waals surface area contributed by atoms with Crippen LogP contribution in [0.5, 0.6) is 0 Å². The number of fused-ring (bicyclic) bond motifs is 1. The van der Waals surface area contributed by atoms with Crippen molar-refractivity contribution in [1.29, 1.82) is 0 Å². The number of aromatic nitrogens is 1. The van der Waals surface area contributed by atoms with E-state index >= 15 is 0 Å².